The maximum absolute atomic E-state index is 9.66. The Kier molecular flexibility index (Phi) is 6.08. The SMILES string of the molecule is CC(C)(CO)n1cc(-c2nc(N[C@@H]3CCC[C@H](n4cnc5cc(C#N)ncc54)C3)ncc2C#N)cn1. The predicted octanol–water partition coefficient (Wildman–Crippen LogP) is 3.15. The number of nitrogens with zero attached hydrogens (tertiary/aromatic N) is 9. The molecule has 11 heteroatoms. The molecule has 5 rings (SSSR count). The molecule has 1 fully saturated rings. The quantitative estimate of drug-likeness (QED) is 0.422. The molecule has 4 heterocycles. The van der Waals surface area contributed by atoms with Crippen LogP contribution in [0.2, 0.25) is 0 Å². The van der Waals surface area contributed by atoms with Crippen LogP contribution in [0.1, 0.15) is 56.8 Å². The second kappa shape index (κ2) is 9.36. The molecular formula is C25H26N10O. The highest BCUT2D eigenvalue weighted by atomic mass is 16.3. The summed E-state index contributed by atoms with van der Waals surface area (Å²) in [4.78, 5) is 17.7. The summed E-state index contributed by atoms with van der Waals surface area (Å²) in [5, 5.41) is 36.2. The Hall–Kier alpha value is -4.35. The summed E-state index contributed by atoms with van der Waals surface area (Å²) in [5.74, 6) is 0.458. The second-order valence-corrected chi connectivity index (χ2v) is 9.70. The number of anilines is 1. The Morgan fingerprint density at radius 2 is 2.00 bits per heavy atom. The summed E-state index contributed by atoms with van der Waals surface area (Å²) < 4.78 is 3.81. The Morgan fingerprint density at radius 3 is 2.78 bits per heavy atom. The predicted molar refractivity (Wildman–Crippen MR) is 132 cm³/mol. The van der Waals surface area contributed by atoms with Crippen LogP contribution in [-0.4, -0.2) is 52.0 Å². The average Bonchev–Trinajstić information content (AvgIpc) is 3.56. The highest BCUT2D eigenvalue weighted by Gasteiger charge is 2.26. The number of hydrogen-bond donors (Lipinski definition) is 2. The van der Waals surface area contributed by atoms with Crippen LogP contribution in [0.25, 0.3) is 22.3 Å². The van der Waals surface area contributed by atoms with Crippen molar-refractivity contribution in [2.75, 3.05) is 11.9 Å². The van der Waals surface area contributed by atoms with Crippen LogP contribution in [-0.2, 0) is 5.54 Å². The van der Waals surface area contributed by atoms with Crippen molar-refractivity contribution in [1.82, 2.24) is 34.3 Å². The van der Waals surface area contributed by atoms with Crippen LogP contribution in [0.5, 0.6) is 0 Å². The van der Waals surface area contributed by atoms with Gasteiger partial charge in [0, 0.05) is 29.9 Å². The monoisotopic (exact) mass is 482 g/mol. The third kappa shape index (κ3) is 4.37. The fraction of sp³-hybridized carbons (Fsp3) is 0.400. The first-order valence-electron chi connectivity index (χ1n) is 11.8. The maximum atomic E-state index is 9.66. The highest BCUT2D eigenvalue weighted by molar-refractivity contribution is 5.75. The number of hydrogen-bond acceptors (Lipinski definition) is 9. The van der Waals surface area contributed by atoms with Gasteiger partial charge in [-0.1, -0.05) is 0 Å². The van der Waals surface area contributed by atoms with Gasteiger partial charge in [-0.2, -0.15) is 15.6 Å². The first kappa shape index (κ1) is 23.4. The molecule has 0 unspecified atom stereocenters. The maximum Gasteiger partial charge on any atom is 0.223 e. The third-order valence-corrected chi connectivity index (χ3v) is 6.72. The molecule has 1 aliphatic carbocycles. The van der Waals surface area contributed by atoms with Gasteiger partial charge in [0.1, 0.15) is 17.8 Å². The third-order valence-electron chi connectivity index (χ3n) is 6.72. The molecule has 2 atom stereocenters. The molecule has 1 aliphatic rings. The molecule has 36 heavy (non-hydrogen) atoms. The van der Waals surface area contributed by atoms with Gasteiger partial charge in [-0.05, 0) is 39.5 Å². The molecule has 0 radical (unpaired) electrons. The van der Waals surface area contributed by atoms with Gasteiger partial charge >= 0.3 is 0 Å². The Bertz CT molecular complexity index is 1490. The van der Waals surface area contributed by atoms with E-state index in [1.165, 1.54) is 6.20 Å². The van der Waals surface area contributed by atoms with E-state index in [1.807, 2.05) is 20.2 Å². The van der Waals surface area contributed by atoms with E-state index in [-0.39, 0.29) is 18.7 Å². The van der Waals surface area contributed by atoms with Crippen LogP contribution in [0.15, 0.2) is 37.2 Å². The zero-order valence-corrected chi connectivity index (χ0v) is 20.1. The minimum atomic E-state index is -0.570. The summed E-state index contributed by atoms with van der Waals surface area (Å²) in [6.07, 6.45) is 12.4. The smallest absolute Gasteiger partial charge is 0.223 e. The summed E-state index contributed by atoms with van der Waals surface area (Å²) >= 11 is 0. The van der Waals surface area contributed by atoms with Crippen LogP contribution in [0.3, 0.4) is 0 Å². The summed E-state index contributed by atoms with van der Waals surface area (Å²) in [5.41, 5.74) is 3.02. The minimum Gasteiger partial charge on any atom is -0.394 e. The summed E-state index contributed by atoms with van der Waals surface area (Å²) in [6, 6.07) is 6.30. The lowest BCUT2D eigenvalue weighted by molar-refractivity contribution is 0.152. The van der Waals surface area contributed by atoms with E-state index in [0.29, 0.717) is 28.5 Å². The van der Waals surface area contributed by atoms with Crippen molar-refractivity contribution in [3.63, 3.8) is 0 Å². The van der Waals surface area contributed by atoms with Crippen molar-refractivity contribution >= 4 is 17.0 Å². The molecule has 0 aliphatic heterocycles. The van der Waals surface area contributed by atoms with Crippen LogP contribution < -0.4 is 5.32 Å². The van der Waals surface area contributed by atoms with Crippen molar-refractivity contribution in [3.05, 3.63) is 48.4 Å². The lowest BCUT2D eigenvalue weighted by Crippen LogP contribution is -2.30. The molecule has 0 aromatic carbocycles. The van der Waals surface area contributed by atoms with E-state index in [4.69, 9.17) is 5.26 Å². The second-order valence-electron chi connectivity index (χ2n) is 9.70. The molecule has 11 nitrogen and oxygen atoms in total. The van der Waals surface area contributed by atoms with Crippen LogP contribution in [0.4, 0.5) is 5.95 Å². The van der Waals surface area contributed by atoms with E-state index >= 15 is 0 Å². The Morgan fingerprint density at radius 1 is 1.14 bits per heavy atom. The molecule has 1 saturated carbocycles. The van der Waals surface area contributed by atoms with Crippen molar-refractivity contribution < 1.29 is 5.11 Å². The summed E-state index contributed by atoms with van der Waals surface area (Å²) in [7, 11) is 0. The first-order valence-corrected chi connectivity index (χ1v) is 11.8. The Labute approximate surface area is 208 Å². The number of nitrogens with one attached hydrogen (secondary N) is 1. The number of fused-ring (bicyclic) bond motifs is 1. The van der Waals surface area contributed by atoms with Crippen LogP contribution in [0, 0.1) is 22.7 Å². The van der Waals surface area contributed by atoms with E-state index in [9.17, 15) is 10.4 Å². The van der Waals surface area contributed by atoms with Gasteiger partial charge in [0.15, 0.2) is 0 Å². The number of rotatable bonds is 6. The van der Waals surface area contributed by atoms with Gasteiger partial charge in [-0.3, -0.25) is 4.68 Å². The van der Waals surface area contributed by atoms with Gasteiger partial charge in [0.25, 0.3) is 0 Å². The van der Waals surface area contributed by atoms with Crippen molar-refractivity contribution in [2.24, 2.45) is 0 Å². The normalized spacial score (nSPS) is 18.0. The molecule has 4 aromatic heterocycles. The van der Waals surface area contributed by atoms with E-state index in [1.54, 1.807) is 29.3 Å². The molecule has 182 valence electrons. The molecule has 0 amide bonds. The zero-order valence-electron chi connectivity index (χ0n) is 20.1. The topological polar surface area (TPSA) is 154 Å². The number of pyridine rings is 1. The highest BCUT2D eigenvalue weighted by Crippen LogP contribution is 2.33. The number of imidazole rings is 1. The van der Waals surface area contributed by atoms with Crippen molar-refractivity contribution in [1.29, 1.82) is 10.5 Å². The van der Waals surface area contributed by atoms with Gasteiger partial charge in [-0.15, -0.1) is 0 Å². The number of aromatic nitrogens is 7. The van der Waals surface area contributed by atoms with Gasteiger partial charge in [-0.25, -0.2) is 19.9 Å². The van der Waals surface area contributed by atoms with Crippen molar-refractivity contribution in [3.8, 4) is 23.4 Å². The minimum absolute atomic E-state index is 0.0690. The molecule has 0 spiro atoms. The van der Waals surface area contributed by atoms with E-state index in [0.717, 1.165) is 36.7 Å². The fourth-order valence-corrected chi connectivity index (χ4v) is 4.61. The lowest BCUT2D eigenvalue weighted by Gasteiger charge is -2.31. The van der Waals surface area contributed by atoms with Gasteiger partial charge in [0.05, 0.1) is 59.4 Å². The average molecular weight is 483 g/mol. The molecule has 4 aromatic rings. The first-order chi connectivity index (χ1) is 17.4. The van der Waals surface area contributed by atoms with E-state index < -0.39 is 5.54 Å². The fourth-order valence-electron chi connectivity index (χ4n) is 4.61. The molecule has 0 bridgehead atoms. The number of aliphatic hydroxyl groups excluding tert-OH is 1. The zero-order chi connectivity index (χ0) is 25.3. The molecule has 2 N–H and O–H groups in total. The standard InChI is InChI=1S/C25H26N10O/c1-25(2,14-36)35-13-17(11-31-35)23-16(8-26)10-29-24(33-23)32-18-4-3-5-20(6-18)34-15-30-21-7-19(9-27)28-12-22(21)34/h7,10-13,15,18,20,36H,3-6,14H2,1-2H3,(H,29,32,33)/t18-,20+/m1/s1. The molecule has 0 saturated heterocycles. The number of nitriles is 2. The molecular weight excluding hydrogens is 456 g/mol. The largest absolute Gasteiger partial charge is 0.394 e. The summed E-state index contributed by atoms with van der Waals surface area (Å²) in [6.45, 7) is 3.69. The van der Waals surface area contributed by atoms with Gasteiger partial charge in [0.2, 0.25) is 5.95 Å². The Balaban J connectivity index is 1.37. The lowest BCUT2D eigenvalue weighted by atomic mass is 9.91. The van der Waals surface area contributed by atoms with E-state index in [2.05, 4.69) is 47.1 Å². The number of aliphatic hydroxyl groups is 1. The van der Waals surface area contributed by atoms with Crippen molar-refractivity contribution in [2.45, 2.75) is 57.2 Å². The van der Waals surface area contributed by atoms with Crippen LogP contribution >= 0.6 is 0 Å². The van der Waals surface area contributed by atoms with Gasteiger partial charge < -0.3 is 15.0 Å².